The van der Waals surface area contributed by atoms with E-state index in [1.165, 1.54) is 12.1 Å². The lowest BCUT2D eigenvalue weighted by Crippen LogP contribution is -2.85. The normalized spacial score (nSPS) is 42.3. The molecule has 10 N–H and O–H groups in total. The second-order valence-corrected chi connectivity index (χ2v) is 21.2. The zero-order valence-electron chi connectivity index (χ0n) is 37.5. The van der Waals surface area contributed by atoms with Gasteiger partial charge in [0.05, 0.1) is 11.7 Å². The topological polar surface area (TPSA) is 305 Å². The van der Waals surface area contributed by atoms with Crippen LogP contribution >= 0.6 is 0 Å². The van der Waals surface area contributed by atoms with Crippen LogP contribution in [0, 0.1) is 29.1 Å². The fraction of sp³-hybridized carbons (Fsp3) is 0.617. The van der Waals surface area contributed by atoms with E-state index in [4.69, 9.17) is 31.4 Å². The highest BCUT2D eigenvalue weighted by molar-refractivity contribution is 7.79. The molecule has 1 aromatic heterocycles. The van der Waals surface area contributed by atoms with Gasteiger partial charge in [-0.3, -0.25) is 18.8 Å². The molecule has 3 saturated heterocycles. The highest BCUT2D eigenvalue weighted by atomic mass is 32.3. The summed E-state index contributed by atoms with van der Waals surface area (Å²) >= 11 is 0. The summed E-state index contributed by atoms with van der Waals surface area (Å²) in [4.78, 5) is 26.9. The van der Waals surface area contributed by atoms with Gasteiger partial charge in [-0.15, -0.1) is 0 Å². The van der Waals surface area contributed by atoms with Crippen molar-refractivity contribution in [2.24, 2.45) is 29.1 Å². The average molecular weight is 944 g/mol. The molecule has 66 heavy (non-hydrogen) atoms. The molecule has 10 rings (SSSR count). The van der Waals surface area contributed by atoms with Crippen LogP contribution in [-0.4, -0.2) is 134 Å². The number of phenols is 2. The van der Waals surface area contributed by atoms with Gasteiger partial charge in [-0.2, -0.15) is 8.42 Å². The molecular formula is C47H61NO17S. The number of esters is 1. The maximum atomic E-state index is 12.9. The van der Waals surface area contributed by atoms with Crippen LogP contribution in [0.5, 0.6) is 11.5 Å². The molecule has 4 aliphatic carbocycles. The minimum atomic E-state index is -4.67. The SMILES string of the molecule is CC=C(C)C(=O)OC1CCC2(C)C3CCC4C5(O)CC(O)C6(O)C(CN7CC(C)CCC7C6(C)O)C5(O)CC42OC13O.O=S(=O)(O)O.O=c1cc(-c2ccccc2)oc2cc(O)cc(O)c12. The number of hydrogen-bond acceptors (Lipinski definition) is 16. The van der Waals surface area contributed by atoms with Crippen LogP contribution in [0.2, 0.25) is 0 Å². The van der Waals surface area contributed by atoms with Gasteiger partial charge in [-0.1, -0.05) is 50.3 Å². The molecule has 0 radical (unpaired) electrons. The van der Waals surface area contributed by atoms with Gasteiger partial charge in [0.1, 0.15) is 50.6 Å². The van der Waals surface area contributed by atoms with Crippen LogP contribution in [0.15, 0.2) is 69.4 Å². The van der Waals surface area contributed by atoms with Crippen LogP contribution in [0.1, 0.15) is 86.0 Å². The van der Waals surface area contributed by atoms with Crippen molar-refractivity contribution in [3.8, 4) is 22.8 Å². The highest BCUT2D eigenvalue weighted by Gasteiger charge is 2.88. The van der Waals surface area contributed by atoms with E-state index >= 15 is 0 Å². The predicted molar refractivity (Wildman–Crippen MR) is 235 cm³/mol. The number of aliphatic hydroxyl groups excluding tert-OH is 1. The first-order valence-corrected chi connectivity index (χ1v) is 23.8. The number of aliphatic hydroxyl groups is 6. The fourth-order valence-corrected chi connectivity index (χ4v) is 13.8. The first-order valence-electron chi connectivity index (χ1n) is 22.4. The van der Waals surface area contributed by atoms with Gasteiger partial charge in [0.25, 0.3) is 0 Å². The maximum Gasteiger partial charge on any atom is 0.394 e. The van der Waals surface area contributed by atoms with E-state index in [-0.39, 0.29) is 53.3 Å². The molecule has 1 spiro atoms. The van der Waals surface area contributed by atoms with Crippen molar-refractivity contribution >= 4 is 27.3 Å². The summed E-state index contributed by atoms with van der Waals surface area (Å²) in [6.45, 7) is 10.1. The monoisotopic (exact) mass is 943 g/mol. The van der Waals surface area contributed by atoms with Crippen molar-refractivity contribution in [3.05, 3.63) is 70.4 Å². The summed E-state index contributed by atoms with van der Waals surface area (Å²) in [7, 11) is -4.67. The smallest absolute Gasteiger partial charge is 0.394 e. The van der Waals surface area contributed by atoms with Crippen LogP contribution in [-0.2, 0) is 24.7 Å². The van der Waals surface area contributed by atoms with Crippen LogP contribution < -0.4 is 5.43 Å². The third kappa shape index (κ3) is 7.06. The highest BCUT2D eigenvalue weighted by Crippen LogP contribution is 2.78. The van der Waals surface area contributed by atoms with Crippen molar-refractivity contribution in [1.82, 2.24) is 4.90 Å². The van der Waals surface area contributed by atoms with E-state index < -0.39 is 85.5 Å². The quantitative estimate of drug-likeness (QED) is 0.102. The van der Waals surface area contributed by atoms with Gasteiger partial charge in [0.15, 0.2) is 11.5 Å². The number of hydrogen-bond donors (Lipinski definition) is 10. The van der Waals surface area contributed by atoms with Gasteiger partial charge in [0, 0.05) is 84.5 Å². The summed E-state index contributed by atoms with van der Waals surface area (Å²) in [5.74, 6) is -4.10. The van der Waals surface area contributed by atoms with Crippen molar-refractivity contribution in [2.75, 3.05) is 13.1 Å². The second-order valence-electron chi connectivity index (χ2n) is 20.3. The second kappa shape index (κ2) is 16.0. The Labute approximate surface area is 381 Å². The average Bonchev–Trinajstić information content (AvgIpc) is 3.40. The Bertz CT molecular complexity index is 2600. The van der Waals surface area contributed by atoms with Gasteiger partial charge in [0.2, 0.25) is 5.79 Å². The molecule has 362 valence electrons. The summed E-state index contributed by atoms with van der Waals surface area (Å²) in [5, 5.41) is 93.1. The van der Waals surface area contributed by atoms with E-state index in [2.05, 4.69) is 11.8 Å². The van der Waals surface area contributed by atoms with Crippen molar-refractivity contribution < 1.29 is 77.1 Å². The van der Waals surface area contributed by atoms with E-state index in [9.17, 15) is 50.4 Å². The lowest BCUT2D eigenvalue weighted by Gasteiger charge is -2.68. The van der Waals surface area contributed by atoms with Gasteiger partial charge >= 0.3 is 16.4 Å². The summed E-state index contributed by atoms with van der Waals surface area (Å²) in [6.07, 6.45) is 2.30. The molecule has 19 heteroatoms. The summed E-state index contributed by atoms with van der Waals surface area (Å²) in [6, 6.07) is 12.5. The Hall–Kier alpha value is -3.99. The zero-order valence-corrected chi connectivity index (χ0v) is 38.3. The maximum absolute atomic E-state index is 12.9. The minimum Gasteiger partial charge on any atom is -0.508 e. The molecule has 4 heterocycles. The Morgan fingerprint density at radius 1 is 0.894 bits per heavy atom. The van der Waals surface area contributed by atoms with E-state index in [0.717, 1.165) is 18.1 Å². The van der Waals surface area contributed by atoms with Crippen molar-refractivity contribution in [3.63, 3.8) is 0 Å². The number of carbonyl (C=O) groups is 1. The van der Waals surface area contributed by atoms with Crippen molar-refractivity contribution in [1.29, 1.82) is 0 Å². The largest absolute Gasteiger partial charge is 0.508 e. The molecule has 14 atom stereocenters. The molecule has 3 aromatic rings. The first kappa shape index (κ1) is 48.5. The number of phenolic OH excluding ortho intramolecular Hbond substituents is 2. The van der Waals surface area contributed by atoms with E-state index in [1.807, 2.05) is 37.3 Å². The number of benzene rings is 2. The Morgan fingerprint density at radius 2 is 1.55 bits per heavy atom. The number of aromatic hydroxyl groups is 2. The number of allylic oxidation sites excluding steroid dienone is 1. The predicted octanol–water partition coefficient (Wildman–Crippen LogP) is 3.21. The van der Waals surface area contributed by atoms with Crippen LogP contribution in [0.25, 0.3) is 22.3 Å². The molecule has 0 amide bonds. The molecule has 2 aromatic carbocycles. The standard InChI is InChI=1S/C32H49NO9.C15H10O4.H2O4S/c1-6-18(3)25(35)41-24-11-12-26(4)19-8-9-20-28(37)13-23(34)31(39)21(29(28,38)16-30(20,26)42-32(19,24)40)15-33-14-17(2)7-10-22(33)27(31,5)36;16-10-6-11(17)15-12(18)8-13(19-14(15)7-10)9-4-2-1-3-5-9;1-5(2,3)4/h6,17,19-24,34,36-40H,7-16H2,1-5H3;1-8,16-17H;(H2,1,2,3,4). The zero-order chi connectivity index (χ0) is 48.4. The molecule has 4 saturated carbocycles. The molecule has 18 nitrogen and oxygen atoms in total. The van der Waals surface area contributed by atoms with Gasteiger partial charge < -0.3 is 54.7 Å². The number of ether oxygens (including phenoxy) is 2. The number of nitrogens with zero attached hydrogens (tertiary/aromatic N) is 1. The van der Waals surface area contributed by atoms with Crippen LogP contribution in [0.4, 0.5) is 0 Å². The third-order valence-electron chi connectivity index (χ3n) is 16.9. The Morgan fingerprint density at radius 3 is 2.20 bits per heavy atom. The number of fused-ring (bicyclic) bond motifs is 6. The molecule has 7 aliphatic rings. The Kier molecular flexibility index (Phi) is 11.8. The van der Waals surface area contributed by atoms with Crippen molar-refractivity contribution in [2.45, 2.75) is 138 Å². The molecule has 4 bridgehead atoms. The summed E-state index contributed by atoms with van der Waals surface area (Å²) < 4.78 is 49.8. The number of rotatable bonds is 3. The van der Waals surface area contributed by atoms with Crippen LogP contribution in [0.3, 0.4) is 0 Å². The number of carbonyl (C=O) groups excluding carboxylic acids is 1. The lowest BCUT2D eigenvalue weighted by atomic mass is 9.49. The number of piperidine rings is 2. The summed E-state index contributed by atoms with van der Waals surface area (Å²) in [5.41, 5.74) is -8.40. The molecule has 7 fully saturated rings. The van der Waals surface area contributed by atoms with Gasteiger partial charge in [-0.05, 0) is 65.2 Å². The van der Waals surface area contributed by atoms with Gasteiger partial charge in [-0.25, -0.2) is 4.79 Å². The minimum absolute atomic E-state index is 0.0606. The third-order valence-corrected chi connectivity index (χ3v) is 16.9. The van der Waals surface area contributed by atoms with E-state index in [1.54, 1.807) is 26.8 Å². The molecule has 14 unspecified atom stereocenters. The fourth-order valence-electron chi connectivity index (χ4n) is 13.8. The lowest BCUT2D eigenvalue weighted by molar-refractivity contribution is -0.354. The Balaban J connectivity index is 0.000000204. The van der Waals surface area contributed by atoms with E-state index in [0.29, 0.717) is 55.9 Å². The molecular weight excluding hydrogens is 883 g/mol. The molecule has 3 aliphatic heterocycles. The first-order chi connectivity index (χ1) is 30.6.